The van der Waals surface area contributed by atoms with Gasteiger partial charge in [-0.2, -0.15) is 5.10 Å². The largest absolute Gasteiger partial charge is 0.378 e. The Morgan fingerprint density at radius 3 is 2.36 bits per heavy atom. The molecule has 1 atom stereocenters. The molecule has 1 aliphatic rings. The second kappa shape index (κ2) is 7.46. The van der Waals surface area contributed by atoms with Gasteiger partial charge in [-0.05, 0) is 35.4 Å². The van der Waals surface area contributed by atoms with Gasteiger partial charge in [-0.25, -0.2) is 5.01 Å². The molecule has 0 saturated heterocycles. The van der Waals surface area contributed by atoms with Crippen LogP contribution in [0.1, 0.15) is 23.6 Å². The van der Waals surface area contributed by atoms with Crippen LogP contribution in [0.5, 0.6) is 0 Å². The Balaban J connectivity index is 1.91. The van der Waals surface area contributed by atoms with Crippen LogP contribution >= 0.6 is 23.2 Å². The minimum Gasteiger partial charge on any atom is -0.378 e. The van der Waals surface area contributed by atoms with E-state index in [-0.39, 0.29) is 17.8 Å². The van der Waals surface area contributed by atoms with Gasteiger partial charge in [0.2, 0.25) is 0 Å². The molecule has 0 aromatic heterocycles. The van der Waals surface area contributed by atoms with Crippen molar-refractivity contribution < 1.29 is 4.79 Å². The van der Waals surface area contributed by atoms with Crippen molar-refractivity contribution in [3.63, 3.8) is 0 Å². The quantitative estimate of drug-likeness (QED) is 0.745. The fourth-order valence-electron chi connectivity index (χ4n) is 2.87. The maximum atomic E-state index is 12.3. The zero-order chi connectivity index (χ0) is 18.0. The van der Waals surface area contributed by atoms with E-state index >= 15 is 0 Å². The Morgan fingerprint density at radius 2 is 1.80 bits per heavy atom. The zero-order valence-corrected chi connectivity index (χ0v) is 15.6. The van der Waals surface area contributed by atoms with E-state index in [0.29, 0.717) is 11.4 Å². The van der Waals surface area contributed by atoms with Gasteiger partial charge in [0.25, 0.3) is 5.91 Å². The third-order valence-corrected chi connectivity index (χ3v) is 4.73. The molecule has 25 heavy (non-hydrogen) atoms. The van der Waals surface area contributed by atoms with Crippen LogP contribution in [0.2, 0.25) is 5.02 Å². The van der Waals surface area contributed by atoms with Gasteiger partial charge in [-0.3, -0.25) is 4.79 Å². The van der Waals surface area contributed by atoms with Crippen LogP contribution < -0.4 is 4.90 Å². The molecule has 0 saturated carbocycles. The van der Waals surface area contributed by atoms with E-state index in [2.05, 4.69) is 5.10 Å². The number of carbonyl (C=O) groups is 1. The Labute approximate surface area is 157 Å². The molecule has 6 heteroatoms. The number of rotatable bonds is 4. The first kappa shape index (κ1) is 17.8. The molecule has 2 aromatic rings. The summed E-state index contributed by atoms with van der Waals surface area (Å²) in [4.78, 5) is 14.3. The van der Waals surface area contributed by atoms with E-state index in [1.54, 1.807) is 0 Å². The van der Waals surface area contributed by atoms with Crippen LogP contribution in [0, 0.1) is 0 Å². The molecule has 0 aliphatic carbocycles. The smallest absolute Gasteiger partial charge is 0.258 e. The number of hydrogen-bond donors (Lipinski definition) is 0. The van der Waals surface area contributed by atoms with E-state index in [0.717, 1.165) is 22.5 Å². The van der Waals surface area contributed by atoms with E-state index in [1.807, 2.05) is 67.5 Å². The van der Waals surface area contributed by atoms with Crippen LogP contribution in [-0.2, 0) is 4.79 Å². The molecule has 0 bridgehead atoms. The Hall–Kier alpha value is -2.04. The summed E-state index contributed by atoms with van der Waals surface area (Å²) in [5.41, 5.74) is 3.97. The number of hydrogen-bond acceptors (Lipinski definition) is 3. The third-order valence-electron chi connectivity index (χ3n) is 4.25. The van der Waals surface area contributed by atoms with Crippen molar-refractivity contribution in [3.05, 3.63) is 64.7 Å². The lowest BCUT2D eigenvalue weighted by Gasteiger charge is -2.22. The maximum absolute atomic E-state index is 12.3. The van der Waals surface area contributed by atoms with E-state index in [9.17, 15) is 4.79 Å². The van der Waals surface area contributed by atoms with Crippen LogP contribution in [0.4, 0.5) is 5.69 Å². The normalized spacial score (nSPS) is 16.7. The van der Waals surface area contributed by atoms with Crippen LogP contribution in [0.25, 0.3) is 0 Å². The number of hydrazone groups is 1. The molecule has 0 spiro atoms. The summed E-state index contributed by atoms with van der Waals surface area (Å²) in [5, 5.41) is 6.71. The second-order valence-electron chi connectivity index (χ2n) is 6.13. The average Bonchev–Trinajstić information content (AvgIpc) is 3.07. The fraction of sp³-hybridized carbons (Fsp3) is 0.263. The SMILES string of the molecule is CN(C)c1ccc(C2CC(c3ccc(Cl)cc3)=NN2C(=O)CCl)cc1. The molecule has 1 unspecified atom stereocenters. The first-order chi connectivity index (χ1) is 12.0. The lowest BCUT2D eigenvalue weighted by atomic mass is 9.98. The molecule has 1 aliphatic heterocycles. The number of carbonyl (C=O) groups excluding carboxylic acids is 1. The van der Waals surface area contributed by atoms with E-state index in [4.69, 9.17) is 23.2 Å². The number of halogens is 2. The summed E-state index contributed by atoms with van der Waals surface area (Å²) < 4.78 is 0. The molecule has 3 rings (SSSR count). The number of anilines is 1. The molecule has 0 radical (unpaired) electrons. The fourth-order valence-corrected chi connectivity index (χ4v) is 3.12. The molecule has 0 N–H and O–H groups in total. The molecule has 1 heterocycles. The first-order valence-electron chi connectivity index (χ1n) is 7.98. The predicted octanol–water partition coefficient (Wildman–Crippen LogP) is 4.32. The molecule has 4 nitrogen and oxygen atoms in total. The molecule has 2 aromatic carbocycles. The first-order valence-corrected chi connectivity index (χ1v) is 8.89. The highest BCUT2D eigenvalue weighted by Gasteiger charge is 2.32. The van der Waals surface area contributed by atoms with Gasteiger partial charge < -0.3 is 4.90 Å². The van der Waals surface area contributed by atoms with Crippen molar-refractivity contribution in [1.29, 1.82) is 0 Å². The Bertz CT molecular complexity index is 785. The average molecular weight is 376 g/mol. The van der Waals surface area contributed by atoms with Crippen molar-refractivity contribution in [3.8, 4) is 0 Å². The van der Waals surface area contributed by atoms with Gasteiger partial charge in [0.1, 0.15) is 5.88 Å². The molecular formula is C19H19Cl2N3O. The lowest BCUT2D eigenvalue weighted by molar-refractivity contribution is -0.130. The summed E-state index contributed by atoms with van der Waals surface area (Å²) in [7, 11) is 3.99. The number of nitrogens with zero attached hydrogens (tertiary/aromatic N) is 3. The van der Waals surface area contributed by atoms with Gasteiger partial charge >= 0.3 is 0 Å². The van der Waals surface area contributed by atoms with E-state index in [1.165, 1.54) is 5.01 Å². The monoisotopic (exact) mass is 375 g/mol. The molecule has 1 amide bonds. The van der Waals surface area contributed by atoms with Crippen LogP contribution in [0.15, 0.2) is 53.6 Å². The predicted molar refractivity (Wildman–Crippen MR) is 104 cm³/mol. The lowest BCUT2D eigenvalue weighted by Crippen LogP contribution is -2.28. The highest BCUT2D eigenvalue weighted by atomic mass is 35.5. The topological polar surface area (TPSA) is 35.9 Å². The van der Waals surface area contributed by atoms with Crippen molar-refractivity contribution in [2.45, 2.75) is 12.5 Å². The highest BCUT2D eigenvalue weighted by Crippen LogP contribution is 2.33. The Kier molecular flexibility index (Phi) is 5.30. The standard InChI is InChI=1S/C19H19Cl2N3O/c1-23(2)16-9-5-14(6-10-16)18-11-17(22-24(18)19(25)12-20)13-3-7-15(21)8-4-13/h3-10,18H,11-12H2,1-2H3. The van der Waals surface area contributed by atoms with Gasteiger partial charge in [0.15, 0.2) is 0 Å². The molecule has 0 fully saturated rings. The summed E-state index contributed by atoms with van der Waals surface area (Å²) in [6, 6.07) is 15.5. The minimum atomic E-state index is -0.202. The second-order valence-corrected chi connectivity index (χ2v) is 6.84. The van der Waals surface area contributed by atoms with Crippen molar-refractivity contribution in [1.82, 2.24) is 5.01 Å². The van der Waals surface area contributed by atoms with Gasteiger partial charge in [-0.15, -0.1) is 11.6 Å². The van der Waals surface area contributed by atoms with Crippen LogP contribution in [-0.4, -0.2) is 36.6 Å². The summed E-state index contributed by atoms with van der Waals surface area (Å²) >= 11 is 11.7. The highest BCUT2D eigenvalue weighted by molar-refractivity contribution is 6.30. The number of benzene rings is 2. The maximum Gasteiger partial charge on any atom is 0.258 e. The van der Waals surface area contributed by atoms with Gasteiger partial charge in [-0.1, -0.05) is 35.9 Å². The summed E-state index contributed by atoms with van der Waals surface area (Å²) in [6.07, 6.45) is 0.644. The van der Waals surface area contributed by atoms with E-state index < -0.39 is 0 Å². The minimum absolute atomic E-state index is 0.0936. The van der Waals surface area contributed by atoms with Crippen molar-refractivity contribution in [2.24, 2.45) is 5.10 Å². The number of amides is 1. The Morgan fingerprint density at radius 1 is 1.16 bits per heavy atom. The van der Waals surface area contributed by atoms with Crippen molar-refractivity contribution in [2.75, 3.05) is 24.9 Å². The summed E-state index contributed by atoms with van der Waals surface area (Å²) in [5.74, 6) is -0.295. The molecular weight excluding hydrogens is 357 g/mol. The summed E-state index contributed by atoms with van der Waals surface area (Å²) in [6.45, 7) is 0. The zero-order valence-electron chi connectivity index (χ0n) is 14.1. The van der Waals surface area contributed by atoms with Crippen LogP contribution in [0.3, 0.4) is 0 Å². The van der Waals surface area contributed by atoms with Gasteiger partial charge in [0, 0.05) is 31.2 Å². The van der Waals surface area contributed by atoms with Gasteiger partial charge in [0.05, 0.1) is 11.8 Å². The van der Waals surface area contributed by atoms with Crippen molar-refractivity contribution >= 4 is 40.5 Å². The number of alkyl halides is 1. The third kappa shape index (κ3) is 3.80. The molecule has 130 valence electrons.